The van der Waals surface area contributed by atoms with Gasteiger partial charge in [0.05, 0.1) is 23.6 Å². The number of nitrogens with zero attached hydrogens (tertiary/aromatic N) is 3. The van der Waals surface area contributed by atoms with Crippen molar-refractivity contribution in [2.45, 2.75) is 71.1 Å². The van der Waals surface area contributed by atoms with E-state index in [0.29, 0.717) is 19.4 Å². The van der Waals surface area contributed by atoms with Crippen LogP contribution in [0.25, 0.3) is 0 Å². The van der Waals surface area contributed by atoms with Crippen molar-refractivity contribution in [2.75, 3.05) is 13.1 Å². The monoisotopic (exact) mass is 535 g/mol. The van der Waals surface area contributed by atoms with Gasteiger partial charge in [0.2, 0.25) is 0 Å². The van der Waals surface area contributed by atoms with Crippen molar-refractivity contribution in [3.63, 3.8) is 0 Å². The number of aliphatic hydroxyl groups is 1. The van der Waals surface area contributed by atoms with Crippen LogP contribution in [0.15, 0.2) is 95.4 Å². The topological polar surface area (TPSA) is 56.1 Å². The molecule has 2 unspecified atom stereocenters. The second-order valence-electron chi connectivity index (χ2n) is 11.2. The molecule has 5 rings (SSSR count). The first-order valence-electron chi connectivity index (χ1n) is 14.7. The fraction of sp³-hybridized carbons (Fsp3) is 0.371. The number of carbonyl (C=O) groups is 1. The molecule has 3 aromatic carbocycles. The summed E-state index contributed by atoms with van der Waals surface area (Å²) in [4.78, 5) is 20.9. The summed E-state index contributed by atoms with van der Waals surface area (Å²) in [6.45, 7) is 6.40. The van der Waals surface area contributed by atoms with Crippen LogP contribution in [-0.4, -0.2) is 46.1 Å². The van der Waals surface area contributed by atoms with Crippen molar-refractivity contribution in [1.29, 1.82) is 0 Å². The number of unbranched alkanes of at least 4 members (excludes halogenated alkanes) is 4. The molecule has 0 aliphatic carbocycles. The van der Waals surface area contributed by atoms with Gasteiger partial charge < -0.3 is 19.7 Å². The van der Waals surface area contributed by atoms with Crippen molar-refractivity contribution in [2.24, 2.45) is 4.99 Å². The zero-order chi connectivity index (χ0) is 27.9. The molecule has 2 aliphatic rings. The van der Waals surface area contributed by atoms with Gasteiger partial charge in [-0.05, 0) is 43.4 Å². The van der Waals surface area contributed by atoms with Gasteiger partial charge >= 0.3 is 0 Å². The van der Waals surface area contributed by atoms with Crippen LogP contribution in [0.4, 0.5) is 0 Å². The molecule has 0 fully saturated rings. The molecule has 0 bridgehead atoms. The fourth-order valence-electron chi connectivity index (χ4n) is 5.84. The van der Waals surface area contributed by atoms with Crippen LogP contribution >= 0.6 is 0 Å². The standard InChI is InChI=1S/C35H41N3O2/c1-26-13-17-29(18-14-26)33-34(30-19-15-27(2)16-20-30)38(24-28-11-7-6-8-12-28)32-23-31(40)25-37(35(32)36-33)21-9-4-3-5-10-22-39/h6-8,11-20,22,31,34,40H,3-5,9-10,21,23-25H2,1-2H3. The molecule has 0 amide bonds. The van der Waals surface area contributed by atoms with Crippen molar-refractivity contribution >= 4 is 12.0 Å². The van der Waals surface area contributed by atoms with E-state index < -0.39 is 6.10 Å². The second-order valence-corrected chi connectivity index (χ2v) is 11.2. The molecule has 2 atom stereocenters. The predicted octanol–water partition coefficient (Wildman–Crippen LogP) is 6.73. The lowest BCUT2D eigenvalue weighted by molar-refractivity contribution is -0.107. The highest BCUT2D eigenvalue weighted by molar-refractivity contribution is 6.06. The van der Waals surface area contributed by atoms with Crippen LogP contribution in [0.5, 0.6) is 0 Å². The molecule has 1 N–H and O–H groups in total. The minimum Gasteiger partial charge on any atom is -0.391 e. The number of rotatable bonds is 11. The Morgan fingerprint density at radius 3 is 2.25 bits per heavy atom. The third-order valence-electron chi connectivity index (χ3n) is 8.00. The van der Waals surface area contributed by atoms with Crippen molar-refractivity contribution in [3.05, 3.63) is 118 Å². The number of β-amino-alcohol motifs (C(OH)–C–C–N with tert-alkyl or cyclic N) is 1. The van der Waals surface area contributed by atoms with E-state index in [1.54, 1.807) is 0 Å². The average Bonchev–Trinajstić information content (AvgIpc) is 2.96. The average molecular weight is 536 g/mol. The summed E-state index contributed by atoms with van der Waals surface area (Å²) in [7, 11) is 0. The highest BCUT2D eigenvalue weighted by Crippen LogP contribution is 2.41. The molecule has 0 saturated heterocycles. The summed E-state index contributed by atoms with van der Waals surface area (Å²) in [6.07, 6.45) is 5.86. The van der Waals surface area contributed by atoms with Gasteiger partial charge in [0.25, 0.3) is 0 Å². The Morgan fingerprint density at radius 2 is 1.55 bits per heavy atom. The zero-order valence-corrected chi connectivity index (χ0v) is 23.8. The summed E-state index contributed by atoms with van der Waals surface area (Å²) in [5.74, 6) is 0.994. The molecule has 0 saturated carbocycles. The molecule has 208 valence electrons. The largest absolute Gasteiger partial charge is 0.391 e. The number of carbonyl (C=O) groups excluding carboxylic acids is 1. The normalized spacial score (nSPS) is 18.9. The van der Waals surface area contributed by atoms with Gasteiger partial charge in [-0.15, -0.1) is 0 Å². The molecular formula is C35H41N3O2. The molecule has 40 heavy (non-hydrogen) atoms. The van der Waals surface area contributed by atoms with Gasteiger partial charge in [0.15, 0.2) is 0 Å². The number of aryl methyl sites for hydroxylation is 2. The van der Waals surface area contributed by atoms with Crippen LogP contribution < -0.4 is 0 Å². The molecule has 5 heteroatoms. The molecule has 3 aromatic rings. The molecule has 0 radical (unpaired) electrons. The van der Waals surface area contributed by atoms with Crippen LogP contribution in [0.1, 0.15) is 72.4 Å². The lowest BCUT2D eigenvalue weighted by atomic mass is 9.90. The van der Waals surface area contributed by atoms with Crippen LogP contribution in [0.2, 0.25) is 0 Å². The maximum Gasteiger partial charge on any atom is 0.148 e. The predicted molar refractivity (Wildman–Crippen MR) is 162 cm³/mol. The highest BCUT2D eigenvalue weighted by Gasteiger charge is 2.39. The summed E-state index contributed by atoms with van der Waals surface area (Å²) in [6, 6.07) is 28.1. The number of hydrogen-bond donors (Lipinski definition) is 1. The van der Waals surface area contributed by atoms with Gasteiger partial charge in [0.1, 0.15) is 12.1 Å². The Kier molecular flexibility index (Phi) is 9.12. The van der Waals surface area contributed by atoms with E-state index in [1.165, 1.54) is 22.3 Å². The molecule has 2 heterocycles. The van der Waals surface area contributed by atoms with E-state index in [4.69, 9.17) is 4.99 Å². The van der Waals surface area contributed by atoms with E-state index in [1.807, 2.05) is 0 Å². The fourth-order valence-corrected chi connectivity index (χ4v) is 5.84. The first-order chi connectivity index (χ1) is 19.5. The van der Waals surface area contributed by atoms with Crippen LogP contribution in [0, 0.1) is 13.8 Å². The Morgan fingerprint density at radius 1 is 0.875 bits per heavy atom. The summed E-state index contributed by atoms with van der Waals surface area (Å²) in [5, 5.41) is 11.1. The number of aliphatic imine (C=N–C) groups is 1. The van der Waals surface area contributed by atoms with E-state index in [-0.39, 0.29) is 6.04 Å². The summed E-state index contributed by atoms with van der Waals surface area (Å²) in [5.41, 5.74) is 8.18. The minimum absolute atomic E-state index is 0.0715. The number of benzene rings is 3. The van der Waals surface area contributed by atoms with Crippen LogP contribution in [-0.2, 0) is 11.3 Å². The van der Waals surface area contributed by atoms with Crippen molar-refractivity contribution in [1.82, 2.24) is 9.80 Å². The van der Waals surface area contributed by atoms with Crippen molar-refractivity contribution in [3.8, 4) is 0 Å². The van der Waals surface area contributed by atoms with Gasteiger partial charge in [-0.1, -0.05) is 103 Å². The van der Waals surface area contributed by atoms with E-state index in [0.717, 1.165) is 67.9 Å². The van der Waals surface area contributed by atoms with Gasteiger partial charge in [0, 0.05) is 32.5 Å². The number of aldehydes is 1. The number of aliphatic hydroxyl groups excluding tert-OH is 1. The van der Waals surface area contributed by atoms with Gasteiger partial charge in [-0.2, -0.15) is 0 Å². The van der Waals surface area contributed by atoms with Gasteiger partial charge in [-0.3, -0.25) is 0 Å². The quantitative estimate of drug-likeness (QED) is 0.218. The van der Waals surface area contributed by atoms with E-state index in [2.05, 4.69) is 103 Å². The highest BCUT2D eigenvalue weighted by atomic mass is 16.3. The lowest BCUT2D eigenvalue weighted by Crippen LogP contribution is -2.46. The molecular weight excluding hydrogens is 494 g/mol. The minimum atomic E-state index is -0.443. The Labute approximate surface area is 238 Å². The first-order valence-corrected chi connectivity index (χ1v) is 14.7. The molecule has 2 aliphatic heterocycles. The van der Waals surface area contributed by atoms with Crippen LogP contribution in [0.3, 0.4) is 0 Å². The molecule has 0 aromatic heterocycles. The molecule has 0 spiro atoms. The Hall–Kier alpha value is -3.70. The summed E-state index contributed by atoms with van der Waals surface area (Å²) >= 11 is 0. The third kappa shape index (κ3) is 6.53. The second kappa shape index (κ2) is 13.1. The summed E-state index contributed by atoms with van der Waals surface area (Å²) < 4.78 is 0. The van der Waals surface area contributed by atoms with E-state index >= 15 is 0 Å². The van der Waals surface area contributed by atoms with Crippen molar-refractivity contribution < 1.29 is 9.90 Å². The SMILES string of the molecule is Cc1ccc(C2=NC3=C(CC(O)CN3CCCCCCC=O)N(Cc3ccccc3)C2c2ccc(C)cc2)cc1. The first kappa shape index (κ1) is 27.9. The smallest absolute Gasteiger partial charge is 0.148 e. The lowest BCUT2D eigenvalue weighted by Gasteiger charge is -2.46. The number of hydrogen-bond acceptors (Lipinski definition) is 5. The third-order valence-corrected chi connectivity index (χ3v) is 8.00. The van der Waals surface area contributed by atoms with E-state index in [9.17, 15) is 9.90 Å². The zero-order valence-electron chi connectivity index (χ0n) is 23.8. The maximum absolute atomic E-state index is 11.1. The Bertz CT molecular complexity index is 1330. The Balaban J connectivity index is 1.58. The maximum atomic E-state index is 11.1. The van der Waals surface area contributed by atoms with Gasteiger partial charge in [-0.25, -0.2) is 4.99 Å². The molecule has 5 nitrogen and oxygen atoms in total.